The molecule has 5 nitrogen and oxygen atoms in total. The number of aliphatic carboxylic acids is 1. The number of rotatable bonds is 6. The maximum Gasteiger partial charge on any atom is 0.321 e. The van der Waals surface area contributed by atoms with Gasteiger partial charge in [-0.3, -0.25) is 9.78 Å². The van der Waals surface area contributed by atoms with Gasteiger partial charge in [-0.15, -0.1) is 0 Å². The van der Waals surface area contributed by atoms with E-state index in [0.29, 0.717) is 6.54 Å². The van der Waals surface area contributed by atoms with Gasteiger partial charge in [0.25, 0.3) is 0 Å². The minimum Gasteiger partial charge on any atom is -0.480 e. The average Bonchev–Trinajstić information content (AvgIpc) is 2.29. The van der Waals surface area contributed by atoms with Crippen LogP contribution in [-0.4, -0.2) is 28.6 Å². The number of aromatic nitrogens is 1. The van der Waals surface area contributed by atoms with Crippen LogP contribution in [0.1, 0.15) is 18.2 Å². The first-order chi connectivity index (χ1) is 7.65. The zero-order chi connectivity index (χ0) is 12.0. The first-order valence-electron chi connectivity index (χ1n) is 5.27. The van der Waals surface area contributed by atoms with Crippen molar-refractivity contribution in [3.8, 4) is 0 Å². The van der Waals surface area contributed by atoms with Crippen LogP contribution in [-0.2, 0) is 17.8 Å². The number of nitrogens with one attached hydrogen (secondary N) is 1. The summed E-state index contributed by atoms with van der Waals surface area (Å²) in [5.74, 6) is -0.996. The smallest absolute Gasteiger partial charge is 0.321 e. The lowest BCUT2D eigenvalue weighted by Gasteiger charge is -2.10. The summed E-state index contributed by atoms with van der Waals surface area (Å²) < 4.78 is 0. The molecule has 0 aliphatic rings. The Morgan fingerprint density at radius 3 is 3.06 bits per heavy atom. The summed E-state index contributed by atoms with van der Waals surface area (Å²) in [6.45, 7) is 2.85. The molecule has 0 radical (unpaired) electrons. The van der Waals surface area contributed by atoms with Crippen LogP contribution in [0.25, 0.3) is 0 Å². The highest BCUT2D eigenvalue weighted by Crippen LogP contribution is 2.05. The fourth-order valence-electron chi connectivity index (χ4n) is 1.39. The molecule has 0 aliphatic heterocycles. The molecular weight excluding hydrogens is 206 g/mol. The predicted octanol–water partition coefficient (Wildman–Crippen LogP) is 0.146. The number of carboxylic acids is 1. The molecule has 0 aliphatic carbocycles. The zero-order valence-corrected chi connectivity index (χ0v) is 9.31. The van der Waals surface area contributed by atoms with Crippen LogP contribution in [0.15, 0.2) is 18.3 Å². The van der Waals surface area contributed by atoms with E-state index in [1.807, 2.05) is 12.1 Å². The summed E-state index contributed by atoms with van der Waals surface area (Å²) in [6.07, 6.45) is 2.64. The Bertz CT molecular complexity index is 355. The summed E-state index contributed by atoms with van der Waals surface area (Å²) in [5, 5.41) is 11.6. The van der Waals surface area contributed by atoms with E-state index in [1.165, 1.54) is 5.56 Å². The van der Waals surface area contributed by atoms with Crippen molar-refractivity contribution in [3.63, 3.8) is 0 Å². The largest absolute Gasteiger partial charge is 0.480 e. The molecule has 0 bridgehead atoms. The van der Waals surface area contributed by atoms with E-state index >= 15 is 0 Å². The molecule has 1 aromatic rings. The van der Waals surface area contributed by atoms with Gasteiger partial charge < -0.3 is 16.2 Å². The van der Waals surface area contributed by atoms with Crippen LogP contribution < -0.4 is 11.1 Å². The molecule has 16 heavy (non-hydrogen) atoms. The Morgan fingerprint density at radius 1 is 1.69 bits per heavy atom. The highest BCUT2D eigenvalue weighted by Gasteiger charge is 2.10. The lowest BCUT2D eigenvalue weighted by atomic mass is 10.1. The summed E-state index contributed by atoms with van der Waals surface area (Å²) in [5.41, 5.74) is 7.48. The summed E-state index contributed by atoms with van der Waals surface area (Å²) in [7, 11) is 0. The second kappa shape index (κ2) is 6.19. The Kier molecular flexibility index (Phi) is 4.88. The van der Waals surface area contributed by atoms with Crippen molar-refractivity contribution in [2.45, 2.75) is 25.9 Å². The van der Waals surface area contributed by atoms with Crippen LogP contribution in [0.2, 0.25) is 0 Å². The topological polar surface area (TPSA) is 88.2 Å². The van der Waals surface area contributed by atoms with Gasteiger partial charge in [0.2, 0.25) is 0 Å². The monoisotopic (exact) mass is 223 g/mol. The second-order valence-electron chi connectivity index (χ2n) is 3.54. The number of hydrogen-bond acceptors (Lipinski definition) is 4. The van der Waals surface area contributed by atoms with Gasteiger partial charge in [-0.25, -0.2) is 0 Å². The molecule has 1 rings (SSSR count). The Morgan fingerprint density at radius 2 is 2.44 bits per heavy atom. The number of aryl methyl sites for hydroxylation is 1. The van der Waals surface area contributed by atoms with E-state index in [4.69, 9.17) is 10.8 Å². The average molecular weight is 223 g/mol. The molecule has 0 aromatic carbocycles. The standard InChI is InChI=1S/C11H17N3O2/c1-2-8-4-3-5-14-10(8)7-13-6-9(12)11(15)16/h3-5,9,13H,2,6-7,12H2,1H3,(H,15,16). The quantitative estimate of drug-likeness (QED) is 0.638. The molecule has 88 valence electrons. The Balaban J connectivity index is 2.45. The third-order valence-electron chi connectivity index (χ3n) is 2.34. The number of pyridine rings is 1. The maximum atomic E-state index is 10.5. The summed E-state index contributed by atoms with van der Waals surface area (Å²) in [6, 6.07) is 3.04. The molecule has 0 saturated carbocycles. The molecule has 4 N–H and O–H groups in total. The van der Waals surface area contributed by atoms with Gasteiger partial charge in [-0.2, -0.15) is 0 Å². The summed E-state index contributed by atoms with van der Waals surface area (Å²) >= 11 is 0. The van der Waals surface area contributed by atoms with Crippen LogP contribution in [0.4, 0.5) is 0 Å². The van der Waals surface area contributed by atoms with Crippen LogP contribution >= 0.6 is 0 Å². The van der Waals surface area contributed by atoms with Gasteiger partial charge in [0.05, 0.1) is 5.69 Å². The fourth-order valence-corrected chi connectivity index (χ4v) is 1.39. The molecule has 1 heterocycles. The number of carbonyl (C=O) groups is 1. The molecular formula is C11H17N3O2. The van der Waals surface area contributed by atoms with E-state index in [1.54, 1.807) is 6.20 Å². The minimum atomic E-state index is -0.996. The fraction of sp³-hybridized carbons (Fsp3) is 0.455. The normalized spacial score (nSPS) is 12.4. The first-order valence-corrected chi connectivity index (χ1v) is 5.27. The third kappa shape index (κ3) is 3.60. The number of hydrogen-bond donors (Lipinski definition) is 3. The van der Waals surface area contributed by atoms with Crippen molar-refractivity contribution >= 4 is 5.97 Å². The highest BCUT2D eigenvalue weighted by atomic mass is 16.4. The lowest BCUT2D eigenvalue weighted by Crippen LogP contribution is -2.40. The Labute approximate surface area is 94.7 Å². The molecule has 1 unspecified atom stereocenters. The lowest BCUT2D eigenvalue weighted by molar-refractivity contribution is -0.138. The molecule has 5 heteroatoms. The van der Waals surface area contributed by atoms with Crippen molar-refractivity contribution in [2.75, 3.05) is 6.54 Å². The van der Waals surface area contributed by atoms with Crippen molar-refractivity contribution < 1.29 is 9.90 Å². The zero-order valence-electron chi connectivity index (χ0n) is 9.31. The first kappa shape index (κ1) is 12.6. The van der Waals surface area contributed by atoms with Gasteiger partial charge in [0.15, 0.2) is 0 Å². The highest BCUT2D eigenvalue weighted by molar-refractivity contribution is 5.73. The SMILES string of the molecule is CCc1cccnc1CNCC(N)C(=O)O. The second-order valence-corrected chi connectivity index (χ2v) is 3.54. The van der Waals surface area contributed by atoms with Crippen molar-refractivity contribution in [3.05, 3.63) is 29.6 Å². The molecule has 0 spiro atoms. The maximum absolute atomic E-state index is 10.5. The third-order valence-corrected chi connectivity index (χ3v) is 2.34. The van der Waals surface area contributed by atoms with Crippen LogP contribution in [0.3, 0.4) is 0 Å². The van der Waals surface area contributed by atoms with E-state index in [0.717, 1.165) is 12.1 Å². The van der Waals surface area contributed by atoms with Gasteiger partial charge >= 0.3 is 5.97 Å². The van der Waals surface area contributed by atoms with E-state index < -0.39 is 12.0 Å². The number of carboxylic acid groups (broad SMARTS) is 1. The predicted molar refractivity (Wildman–Crippen MR) is 60.9 cm³/mol. The molecule has 1 aromatic heterocycles. The van der Waals surface area contributed by atoms with Crippen LogP contribution in [0, 0.1) is 0 Å². The molecule has 0 saturated heterocycles. The van der Waals surface area contributed by atoms with E-state index in [2.05, 4.69) is 17.2 Å². The van der Waals surface area contributed by atoms with Gasteiger partial charge in [-0.1, -0.05) is 13.0 Å². The van der Waals surface area contributed by atoms with Gasteiger partial charge in [-0.05, 0) is 18.1 Å². The van der Waals surface area contributed by atoms with E-state index in [-0.39, 0.29) is 6.54 Å². The van der Waals surface area contributed by atoms with Crippen LogP contribution in [0.5, 0.6) is 0 Å². The summed E-state index contributed by atoms with van der Waals surface area (Å²) in [4.78, 5) is 14.7. The van der Waals surface area contributed by atoms with Crippen molar-refractivity contribution in [1.29, 1.82) is 0 Å². The van der Waals surface area contributed by atoms with E-state index in [9.17, 15) is 4.79 Å². The number of nitrogens with zero attached hydrogens (tertiary/aromatic N) is 1. The van der Waals surface area contributed by atoms with Crippen molar-refractivity contribution in [2.24, 2.45) is 5.73 Å². The molecule has 0 fully saturated rings. The van der Waals surface area contributed by atoms with Gasteiger partial charge in [0.1, 0.15) is 6.04 Å². The van der Waals surface area contributed by atoms with Gasteiger partial charge in [0, 0.05) is 19.3 Å². The Hall–Kier alpha value is -1.46. The number of nitrogens with two attached hydrogens (primary N) is 1. The van der Waals surface area contributed by atoms with Crippen molar-refractivity contribution in [1.82, 2.24) is 10.3 Å². The molecule has 0 amide bonds. The molecule has 1 atom stereocenters. The minimum absolute atomic E-state index is 0.245.